The number of methoxy groups -OCH3 is 1. The van der Waals surface area contributed by atoms with E-state index < -0.39 is 29.3 Å². The topological polar surface area (TPSA) is 106 Å². The van der Waals surface area contributed by atoms with Crippen molar-refractivity contribution >= 4 is 17.5 Å². The quantitative estimate of drug-likeness (QED) is 0.464. The molecule has 0 radical (unpaired) electrons. The third kappa shape index (κ3) is 3.49. The highest BCUT2D eigenvalue weighted by Gasteiger charge is 2.50. The molecule has 1 saturated heterocycles. The van der Waals surface area contributed by atoms with Crippen molar-refractivity contribution in [1.29, 1.82) is 0 Å². The summed E-state index contributed by atoms with van der Waals surface area (Å²) in [5.41, 5.74) is 1.07. The number of fused-ring (bicyclic) bond motifs is 1. The molecular formula is C25H24N4O5. The molecule has 0 saturated carbocycles. The highest BCUT2D eigenvalue weighted by Crippen LogP contribution is 2.42. The maximum atomic E-state index is 13.3. The van der Waals surface area contributed by atoms with E-state index in [-0.39, 0.29) is 24.8 Å². The number of nitrogens with zero attached hydrogens (tertiary/aromatic N) is 3. The molecule has 9 heteroatoms. The first kappa shape index (κ1) is 21.7. The number of ether oxygens (including phenoxy) is 1. The number of carbonyl (C=O) groups excluding carboxylic acids is 2. The van der Waals surface area contributed by atoms with E-state index in [1.165, 1.54) is 9.58 Å². The summed E-state index contributed by atoms with van der Waals surface area (Å²) in [5, 5.41) is 2.64. The number of amides is 2. The minimum absolute atomic E-state index is 0.145. The van der Waals surface area contributed by atoms with Gasteiger partial charge in [-0.3, -0.25) is 9.59 Å². The molecule has 1 aromatic heterocycles. The summed E-state index contributed by atoms with van der Waals surface area (Å²) in [6.45, 7) is 1.96. The SMILES string of the molecule is COc1ccc(N2C(=O)[C@H]3C=C(C)[C@@H](n4[nH]c(=O)n(Cc5ccccc5)c4=O)C[C@H]3C2=O)cc1. The van der Waals surface area contributed by atoms with E-state index in [2.05, 4.69) is 5.10 Å². The van der Waals surface area contributed by atoms with Crippen molar-refractivity contribution in [2.24, 2.45) is 11.8 Å². The summed E-state index contributed by atoms with van der Waals surface area (Å²) in [7, 11) is 1.54. The Labute approximate surface area is 194 Å². The predicted molar refractivity (Wildman–Crippen MR) is 125 cm³/mol. The van der Waals surface area contributed by atoms with Crippen LogP contribution in [0.25, 0.3) is 0 Å². The Kier molecular flexibility index (Phi) is 5.31. The number of imide groups is 1. The van der Waals surface area contributed by atoms with Crippen molar-refractivity contribution in [3.63, 3.8) is 0 Å². The number of aromatic nitrogens is 3. The monoisotopic (exact) mass is 460 g/mol. The van der Waals surface area contributed by atoms with Gasteiger partial charge in [-0.2, -0.15) is 0 Å². The summed E-state index contributed by atoms with van der Waals surface area (Å²) >= 11 is 0. The summed E-state index contributed by atoms with van der Waals surface area (Å²) < 4.78 is 7.57. The van der Waals surface area contributed by atoms with E-state index in [0.717, 1.165) is 15.7 Å². The van der Waals surface area contributed by atoms with Gasteiger partial charge >= 0.3 is 11.4 Å². The first-order valence-electron chi connectivity index (χ1n) is 11.0. The van der Waals surface area contributed by atoms with Crippen LogP contribution in [0.1, 0.15) is 24.9 Å². The van der Waals surface area contributed by atoms with E-state index in [1.54, 1.807) is 37.5 Å². The Morgan fingerprint density at radius 1 is 0.971 bits per heavy atom. The lowest BCUT2D eigenvalue weighted by atomic mass is 9.80. The highest BCUT2D eigenvalue weighted by molar-refractivity contribution is 6.22. The minimum atomic E-state index is -0.615. The zero-order chi connectivity index (χ0) is 24.0. The van der Waals surface area contributed by atoms with Crippen LogP contribution in [0.15, 0.2) is 75.8 Å². The normalized spacial score (nSPS) is 22.0. The maximum Gasteiger partial charge on any atom is 0.347 e. The summed E-state index contributed by atoms with van der Waals surface area (Å²) in [4.78, 5) is 53.3. The fourth-order valence-electron chi connectivity index (χ4n) is 4.84. The van der Waals surface area contributed by atoms with E-state index >= 15 is 0 Å². The van der Waals surface area contributed by atoms with E-state index in [0.29, 0.717) is 11.4 Å². The zero-order valence-corrected chi connectivity index (χ0v) is 18.8. The number of aromatic amines is 1. The molecule has 0 bridgehead atoms. The summed E-state index contributed by atoms with van der Waals surface area (Å²) in [6, 6.07) is 15.5. The van der Waals surface area contributed by atoms with Crippen LogP contribution in [0.2, 0.25) is 0 Å². The smallest absolute Gasteiger partial charge is 0.347 e. The van der Waals surface area contributed by atoms with Gasteiger partial charge in [-0.05, 0) is 43.2 Å². The van der Waals surface area contributed by atoms with Gasteiger partial charge in [0.15, 0.2) is 0 Å². The average molecular weight is 460 g/mol. The first-order valence-corrected chi connectivity index (χ1v) is 11.0. The first-order chi connectivity index (χ1) is 16.4. The van der Waals surface area contributed by atoms with Crippen LogP contribution in [0.5, 0.6) is 5.75 Å². The van der Waals surface area contributed by atoms with E-state index in [9.17, 15) is 19.2 Å². The van der Waals surface area contributed by atoms with Crippen molar-refractivity contribution in [2.45, 2.75) is 25.9 Å². The van der Waals surface area contributed by atoms with Crippen LogP contribution in [0, 0.1) is 11.8 Å². The van der Waals surface area contributed by atoms with Crippen LogP contribution < -0.4 is 21.0 Å². The van der Waals surface area contributed by atoms with Gasteiger partial charge in [-0.25, -0.2) is 28.8 Å². The molecule has 5 rings (SSSR count). The number of H-pyrrole nitrogens is 1. The van der Waals surface area contributed by atoms with Crippen molar-refractivity contribution in [3.8, 4) is 5.75 Å². The van der Waals surface area contributed by atoms with Crippen molar-refractivity contribution in [1.82, 2.24) is 14.3 Å². The zero-order valence-electron chi connectivity index (χ0n) is 18.8. The molecule has 3 aromatic rings. The number of allylic oxidation sites excluding steroid dienone is 1. The Balaban J connectivity index is 1.45. The fraction of sp³-hybridized carbons (Fsp3) is 0.280. The highest BCUT2D eigenvalue weighted by atomic mass is 16.5. The molecule has 3 atom stereocenters. The van der Waals surface area contributed by atoms with Gasteiger partial charge in [0.2, 0.25) is 11.8 Å². The van der Waals surface area contributed by atoms with Crippen LogP contribution in [0.4, 0.5) is 5.69 Å². The Bertz CT molecular complexity index is 1400. The number of anilines is 1. The summed E-state index contributed by atoms with van der Waals surface area (Å²) in [5.74, 6) is -1.19. The van der Waals surface area contributed by atoms with Gasteiger partial charge in [0.25, 0.3) is 0 Å². The van der Waals surface area contributed by atoms with E-state index in [4.69, 9.17) is 4.74 Å². The number of benzene rings is 2. The third-order valence-electron chi connectivity index (χ3n) is 6.65. The van der Waals surface area contributed by atoms with Crippen molar-refractivity contribution < 1.29 is 14.3 Å². The fourth-order valence-corrected chi connectivity index (χ4v) is 4.84. The molecule has 1 N–H and O–H groups in total. The molecular weight excluding hydrogens is 436 g/mol. The van der Waals surface area contributed by atoms with Crippen molar-refractivity contribution in [3.05, 3.63) is 92.8 Å². The second-order valence-corrected chi connectivity index (χ2v) is 8.65. The molecule has 0 unspecified atom stereocenters. The maximum absolute atomic E-state index is 13.3. The molecule has 1 aliphatic heterocycles. The van der Waals surface area contributed by atoms with Gasteiger partial charge in [0.05, 0.1) is 37.2 Å². The Morgan fingerprint density at radius 3 is 2.35 bits per heavy atom. The van der Waals surface area contributed by atoms with Gasteiger partial charge in [-0.15, -0.1) is 0 Å². The number of hydrogen-bond donors (Lipinski definition) is 1. The van der Waals surface area contributed by atoms with E-state index in [1.807, 2.05) is 37.3 Å². The Hall–Kier alpha value is -4.14. The molecule has 1 fully saturated rings. The van der Waals surface area contributed by atoms with Crippen LogP contribution >= 0.6 is 0 Å². The lowest BCUT2D eigenvalue weighted by Gasteiger charge is -2.27. The number of hydrogen-bond acceptors (Lipinski definition) is 5. The van der Waals surface area contributed by atoms with Crippen LogP contribution in [0.3, 0.4) is 0 Å². The molecule has 2 heterocycles. The Morgan fingerprint density at radius 2 is 1.68 bits per heavy atom. The van der Waals surface area contributed by atoms with Crippen molar-refractivity contribution in [2.75, 3.05) is 12.0 Å². The number of carbonyl (C=O) groups is 2. The molecule has 2 aromatic carbocycles. The molecule has 2 amide bonds. The second-order valence-electron chi connectivity index (χ2n) is 8.65. The number of rotatable bonds is 5. The molecule has 174 valence electrons. The van der Waals surface area contributed by atoms with Gasteiger partial charge in [0.1, 0.15) is 5.75 Å². The van der Waals surface area contributed by atoms with Crippen LogP contribution in [-0.4, -0.2) is 33.3 Å². The van der Waals surface area contributed by atoms with Gasteiger partial charge < -0.3 is 4.74 Å². The number of nitrogens with one attached hydrogen (secondary N) is 1. The largest absolute Gasteiger partial charge is 0.497 e. The van der Waals surface area contributed by atoms with Gasteiger partial charge in [0, 0.05) is 0 Å². The van der Waals surface area contributed by atoms with Gasteiger partial charge in [-0.1, -0.05) is 42.0 Å². The standard InChI is InChI=1S/C25H24N4O5/c1-15-12-19-20(23(31)28(22(19)30)17-8-10-18(34-2)11-9-17)13-21(15)29-25(33)27(24(32)26-29)14-16-6-4-3-5-7-16/h3-12,19-21H,13-14H2,1-2H3,(H,26,32)/t19-,20+,21-/m0/s1. The molecule has 1 aliphatic carbocycles. The minimum Gasteiger partial charge on any atom is -0.497 e. The van der Waals surface area contributed by atoms with Crippen LogP contribution in [-0.2, 0) is 16.1 Å². The predicted octanol–water partition coefficient (Wildman–Crippen LogP) is 2.09. The summed E-state index contributed by atoms with van der Waals surface area (Å²) in [6.07, 6.45) is 2.00. The lowest BCUT2D eigenvalue weighted by molar-refractivity contribution is -0.122. The molecule has 2 aliphatic rings. The average Bonchev–Trinajstić information content (AvgIpc) is 3.26. The second kappa shape index (κ2) is 8.33. The molecule has 0 spiro atoms. The lowest BCUT2D eigenvalue weighted by Crippen LogP contribution is -2.35. The molecule has 34 heavy (non-hydrogen) atoms. The molecule has 9 nitrogen and oxygen atoms in total. The third-order valence-corrected chi connectivity index (χ3v) is 6.65.